The van der Waals surface area contributed by atoms with Gasteiger partial charge in [0, 0.05) is 6.04 Å². The van der Waals surface area contributed by atoms with Crippen molar-refractivity contribution in [2.75, 3.05) is 13.1 Å². The number of likely N-dealkylation sites (tertiary alicyclic amines) is 1. The molecule has 4 heteroatoms. The van der Waals surface area contributed by atoms with Gasteiger partial charge >= 0.3 is 5.97 Å². The van der Waals surface area contributed by atoms with E-state index in [0.717, 1.165) is 18.9 Å². The molecule has 2 fully saturated rings. The number of nitrogens with zero attached hydrogens (tertiary/aromatic N) is 1. The Morgan fingerprint density at radius 1 is 1.38 bits per heavy atom. The van der Waals surface area contributed by atoms with Gasteiger partial charge in [0.25, 0.3) is 0 Å². The number of rotatable bonds is 4. The van der Waals surface area contributed by atoms with Crippen molar-refractivity contribution < 1.29 is 9.90 Å². The smallest absolute Gasteiger partial charge is 0.320 e. The molecule has 2 aliphatic rings. The van der Waals surface area contributed by atoms with E-state index in [4.69, 9.17) is 5.73 Å². The van der Waals surface area contributed by atoms with Gasteiger partial charge in [-0.3, -0.25) is 9.69 Å². The molecule has 0 aromatic carbocycles. The van der Waals surface area contributed by atoms with Gasteiger partial charge in [0.2, 0.25) is 0 Å². The number of hydrogen-bond donors (Lipinski definition) is 2. The normalized spacial score (nSPS) is 32.3. The quantitative estimate of drug-likeness (QED) is 0.752. The predicted molar refractivity (Wildman–Crippen MR) is 62.2 cm³/mol. The largest absolute Gasteiger partial charge is 0.480 e. The summed E-state index contributed by atoms with van der Waals surface area (Å²) in [7, 11) is 0. The first-order valence-electron chi connectivity index (χ1n) is 6.42. The van der Waals surface area contributed by atoms with E-state index in [9.17, 15) is 9.90 Å². The minimum atomic E-state index is -0.696. The summed E-state index contributed by atoms with van der Waals surface area (Å²) in [5, 5.41) is 9.28. The first-order chi connectivity index (χ1) is 7.74. The van der Waals surface area contributed by atoms with Crippen molar-refractivity contribution in [3.05, 3.63) is 0 Å². The van der Waals surface area contributed by atoms with Crippen molar-refractivity contribution in [2.45, 2.75) is 50.6 Å². The molecule has 0 bridgehead atoms. The first-order valence-corrected chi connectivity index (χ1v) is 6.42. The summed E-state index contributed by atoms with van der Waals surface area (Å²) in [6, 6.07) is 0.164. The van der Waals surface area contributed by atoms with Crippen molar-refractivity contribution in [1.29, 1.82) is 0 Å². The highest BCUT2D eigenvalue weighted by Gasteiger charge is 2.39. The number of carboxylic acid groups (broad SMARTS) is 1. The highest BCUT2D eigenvalue weighted by atomic mass is 16.4. The number of fused-ring (bicyclic) bond motifs is 1. The van der Waals surface area contributed by atoms with Gasteiger partial charge in [-0.05, 0) is 51.1 Å². The fraction of sp³-hybridized carbons (Fsp3) is 0.917. The Morgan fingerprint density at radius 3 is 2.81 bits per heavy atom. The zero-order valence-corrected chi connectivity index (χ0v) is 9.77. The first kappa shape index (κ1) is 11.9. The third-order valence-corrected chi connectivity index (χ3v) is 4.16. The van der Waals surface area contributed by atoms with Gasteiger partial charge in [-0.25, -0.2) is 0 Å². The Labute approximate surface area is 96.8 Å². The lowest BCUT2D eigenvalue weighted by Gasteiger charge is -2.41. The molecule has 1 aliphatic heterocycles. The summed E-state index contributed by atoms with van der Waals surface area (Å²) in [5.74, 6) is 0.0476. The van der Waals surface area contributed by atoms with Crippen molar-refractivity contribution in [1.82, 2.24) is 4.90 Å². The molecular weight excluding hydrogens is 204 g/mol. The molecule has 1 aliphatic carbocycles. The van der Waals surface area contributed by atoms with E-state index in [2.05, 4.69) is 4.90 Å². The van der Waals surface area contributed by atoms with E-state index in [-0.39, 0.29) is 6.04 Å². The number of carboxylic acids is 1. The lowest BCUT2D eigenvalue weighted by atomic mass is 9.90. The Hall–Kier alpha value is -0.610. The van der Waals surface area contributed by atoms with Gasteiger partial charge in [0.05, 0.1) is 0 Å². The maximum atomic E-state index is 11.3. The third kappa shape index (κ3) is 2.23. The van der Waals surface area contributed by atoms with Crippen LogP contribution in [0, 0.1) is 5.92 Å². The zero-order valence-electron chi connectivity index (χ0n) is 9.77. The summed E-state index contributed by atoms with van der Waals surface area (Å²) in [6.45, 7) is 1.41. The van der Waals surface area contributed by atoms with E-state index in [1.165, 1.54) is 25.7 Å². The molecule has 2 rings (SSSR count). The monoisotopic (exact) mass is 226 g/mol. The fourth-order valence-corrected chi connectivity index (χ4v) is 3.47. The van der Waals surface area contributed by atoms with Gasteiger partial charge < -0.3 is 10.8 Å². The molecule has 3 N–H and O–H groups in total. The topological polar surface area (TPSA) is 66.6 Å². The molecule has 1 heterocycles. The average Bonchev–Trinajstić information content (AvgIpc) is 2.73. The van der Waals surface area contributed by atoms with Gasteiger partial charge in [-0.2, -0.15) is 0 Å². The van der Waals surface area contributed by atoms with E-state index in [0.29, 0.717) is 19.0 Å². The molecule has 3 unspecified atom stereocenters. The Morgan fingerprint density at radius 2 is 2.12 bits per heavy atom. The van der Waals surface area contributed by atoms with Crippen molar-refractivity contribution >= 4 is 5.97 Å². The lowest BCUT2D eigenvalue weighted by Crippen LogP contribution is -2.52. The van der Waals surface area contributed by atoms with Crippen LogP contribution in [-0.2, 0) is 4.79 Å². The maximum absolute atomic E-state index is 11.3. The van der Waals surface area contributed by atoms with Crippen LogP contribution in [0.2, 0.25) is 0 Å². The summed E-state index contributed by atoms with van der Waals surface area (Å²) in [6.07, 6.45) is 6.75. The molecule has 0 radical (unpaired) electrons. The molecule has 92 valence electrons. The van der Waals surface area contributed by atoms with Crippen LogP contribution in [0.25, 0.3) is 0 Å². The number of hydrogen-bond acceptors (Lipinski definition) is 3. The SMILES string of the molecule is NCCC(C(=O)O)N1CCCC2CCCC21. The number of aliphatic carboxylic acids is 1. The highest BCUT2D eigenvalue weighted by molar-refractivity contribution is 5.73. The van der Waals surface area contributed by atoms with E-state index < -0.39 is 5.97 Å². The number of piperidine rings is 1. The van der Waals surface area contributed by atoms with E-state index in [1.807, 2.05) is 0 Å². The molecule has 16 heavy (non-hydrogen) atoms. The van der Waals surface area contributed by atoms with Crippen LogP contribution in [-0.4, -0.2) is 41.1 Å². The third-order valence-electron chi connectivity index (χ3n) is 4.16. The summed E-state index contributed by atoms with van der Waals surface area (Å²) < 4.78 is 0. The molecule has 1 saturated heterocycles. The Bertz CT molecular complexity index is 257. The molecule has 0 aromatic heterocycles. The summed E-state index contributed by atoms with van der Waals surface area (Å²) in [4.78, 5) is 13.5. The van der Waals surface area contributed by atoms with E-state index in [1.54, 1.807) is 0 Å². The van der Waals surface area contributed by atoms with E-state index >= 15 is 0 Å². The summed E-state index contributed by atoms with van der Waals surface area (Å²) >= 11 is 0. The zero-order chi connectivity index (χ0) is 11.5. The molecule has 3 atom stereocenters. The highest BCUT2D eigenvalue weighted by Crippen LogP contribution is 2.38. The molecule has 1 saturated carbocycles. The minimum Gasteiger partial charge on any atom is -0.480 e. The molecular formula is C12H22N2O2. The van der Waals surface area contributed by atoms with Gasteiger partial charge in [0.1, 0.15) is 6.04 Å². The van der Waals surface area contributed by atoms with Crippen LogP contribution in [0.4, 0.5) is 0 Å². The van der Waals surface area contributed by atoms with Gasteiger partial charge in [-0.1, -0.05) is 6.42 Å². The van der Waals surface area contributed by atoms with Crippen LogP contribution >= 0.6 is 0 Å². The van der Waals surface area contributed by atoms with Gasteiger partial charge in [-0.15, -0.1) is 0 Å². The summed E-state index contributed by atoms with van der Waals surface area (Å²) in [5.41, 5.74) is 5.52. The van der Waals surface area contributed by atoms with Crippen LogP contribution in [0.15, 0.2) is 0 Å². The second-order valence-corrected chi connectivity index (χ2v) is 5.07. The molecule has 4 nitrogen and oxygen atoms in total. The van der Waals surface area contributed by atoms with Crippen LogP contribution in [0.3, 0.4) is 0 Å². The molecule has 0 spiro atoms. The minimum absolute atomic E-state index is 0.351. The van der Waals surface area contributed by atoms with Gasteiger partial charge in [0.15, 0.2) is 0 Å². The fourth-order valence-electron chi connectivity index (χ4n) is 3.47. The Kier molecular flexibility index (Phi) is 3.82. The molecule has 0 aromatic rings. The predicted octanol–water partition coefficient (Wildman–Crippen LogP) is 1.05. The van der Waals surface area contributed by atoms with Crippen molar-refractivity contribution in [3.8, 4) is 0 Å². The molecule has 0 amide bonds. The van der Waals surface area contributed by atoms with Crippen LogP contribution < -0.4 is 5.73 Å². The van der Waals surface area contributed by atoms with Crippen molar-refractivity contribution in [2.24, 2.45) is 11.7 Å². The lowest BCUT2D eigenvalue weighted by molar-refractivity contribution is -0.145. The standard InChI is InChI=1S/C12H22N2O2/c13-7-6-11(12(15)16)14-8-2-4-9-3-1-5-10(9)14/h9-11H,1-8,13H2,(H,15,16). The average molecular weight is 226 g/mol. The van der Waals surface area contributed by atoms with Crippen molar-refractivity contribution in [3.63, 3.8) is 0 Å². The second kappa shape index (κ2) is 5.15. The number of carbonyl (C=O) groups is 1. The van der Waals surface area contributed by atoms with Crippen LogP contribution in [0.5, 0.6) is 0 Å². The Balaban J connectivity index is 2.07. The number of nitrogens with two attached hydrogens (primary N) is 1. The van der Waals surface area contributed by atoms with Crippen LogP contribution in [0.1, 0.15) is 38.5 Å². The maximum Gasteiger partial charge on any atom is 0.320 e. The second-order valence-electron chi connectivity index (χ2n) is 5.07.